The highest BCUT2D eigenvalue weighted by molar-refractivity contribution is 9.11. The molecule has 1 aliphatic rings. The summed E-state index contributed by atoms with van der Waals surface area (Å²) < 4.78 is 34.9. The van der Waals surface area contributed by atoms with Gasteiger partial charge in [-0.1, -0.05) is 31.9 Å². The summed E-state index contributed by atoms with van der Waals surface area (Å²) in [7, 11) is 0. The highest BCUT2D eigenvalue weighted by Gasteiger charge is 2.44. The number of nitrogens with zero attached hydrogens (tertiary/aromatic N) is 1. The van der Waals surface area contributed by atoms with Crippen LogP contribution in [0.4, 0.5) is 13.6 Å². The molecule has 0 aliphatic carbocycles. The standard InChI is InChI=1S/C14H15Br2F2NO2/c1-13(2,3)21-12(20)19-6-8-4-9(15)5-10(16)11(8)14(17,18)7-19/h4-5H,6-7H2,1-3H3. The van der Waals surface area contributed by atoms with Gasteiger partial charge in [0.2, 0.25) is 0 Å². The molecule has 0 bridgehead atoms. The molecule has 1 aliphatic heterocycles. The van der Waals surface area contributed by atoms with E-state index in [0.717, 1.165) is 4.90 Å². The van der Waals surface area contributed by atoms with Gasteiger partial charge in [-0.05, 0) is 38.5 Å². The molecule has 116 valence electrons. The van der Waals surface area contributed by atoms with Crippen molar-refractivity contribution in [3.8, 4) is 0 Å². The number of carbonyl (C=O) groups is 1. The van der Waals surface area contributed by atoms with Crippen molar-refractivity contribution >= 4 is 38.0 Å². The summed E-state index contributed by atoms with van der Waals surface area (Å²) in [6.07, 6.45) is -0.732. The second-order valence-corrected chi connectivity index (χ2v) is 7.73. The van der Waals surface area contributed by atoms with E-state index < -0.39 is 24.2 Å². The first-order valence-corrected chi connectivity index (χ1v) is 7.92. The molecule has 0 spiro atoms. The second-order valence-electron chi connectivity index (χ2n) is 5.96. The number of amides is 1. The lowest BCUT2D eigenvalue weighted by Gasteiger charge is -2.36. The van der Waals surface area contributed by atoms with Crippen molar-refractivity contribution in [3.63, 3.8) is 0 Å². The number of hydrogen-bond donors (Lipinski definition) is 0. The lowest BCUT2D eigenvalue weighted by Crippen LogP contribution is -2.46. The number of alkyl halides is 2. The van der Waals surface area contributed by atoms with Gasteiger partial charge in [0.1, 0.15) is 5.60 Å². The molecule has 0 saturated heterocycles. The summed E-state index contributed by atoms with van der Waals surface area (Å²) in [6.45, 7) is 4.52. The molecule has 0 atom stereocenters. The van der Waals surface area contributed by atoms with Crippen molar-refractivity contribution in [1.82, 2.24) is 4.90 Å². The Bertz CT molecular complexity index is 585. The number of carbonyl (C=O) groups excluding carboxylic acids is 1. The Balaban J connectivity index is 2.35. The maximum Gasteiger partial charge on any atom is 0.410 e. The van der Waals surface area contributed by atoms with Crippen LogP contribution in [0.3, 0.4) is 0 Å². The molecule has 1 aromatic carbocycles. The van der Waals surface area contributed by atoms with Crippen molar-refractivity contribution in [1.29, 1.82) is 0 Å². The first-order valence-electron chi connectivity index (χ1n) is 6.34. The predicted octanol–water partition coefficient (Wildman–Crippen LogP) is 5.05. The molecule has 3 nitrogen and oxygen atoms in total. The van der Waals surface area contributed by atoms with Gasteiger partial charge in [0.05, 0.1) is 6.54 Å². The van der Waals surface area contributed by atoms with Crippen molar-refractivity contribution in [3.05, 3.63) is 32.2 Å². The summed E-state index contributed by atoms with van der Waals surface area (Å²) in [5, 5.41) is 0. The first kappa shape index (κ1) is 16.7. The van der Waals surface area contributed by atoms with Gasteiger partial charge in [-0.15, -0.1) is 0 Å². The van der Waals surface area contributed by atoms with Crippen LogP contribution in [0.15, 0.2) is 21.1 Å². The highest BCUT2D eigenvalue weighted by atomic mass is 79.9. The van der Waals surface area contributed by atoms with Crippen LogP contribution in [0.5, 0.6) is 0 Å². The predicted molar refractivity (Wildman–Crippen MR) is 82.4 cm³/mol. The molecule has 0 unspecified atom stereocenters. The maximum absolute atomic E-state index is 14.3. The van der Waals surface area contributed by atoms with E-state index in [4.69, 9.17) is 4.74 Å². The first-order chi connectivity index (χ1) is 9.49. The molecule has 0 aromatic heterocycles. The zero-order chi connectivity index (χ0) is 16.0. The quantitative estimate of drug-likeness (QED) is 0.580. The lowest BCUT2D eigenvalue weighted by molar-refractivity contribution is -0.0597. The molecular formula is C14H15Br2F2NO2. The van der Waals surface area contributed by atoms with Gasteiger partial charge in [-0.25, -0.2) is 4.79 Å². The van der Waals surface area contributed by atoms with E-state index in [1.807, 2.05) is 0 Å². The van der Waals surface area contributed by atoms with E-state index in [-0.39, 0.29) is 12.1 Å². The highest BCUT2D eigenvalue weighted by Crippen LogP contribution is 2.42. The van der Waals surface area contributed by atoms with Crippen LogP contribution in [0.2, 0.25) is 0 Å². The Hall–Kier alpha value is -0.690. The number of halogens is 4. The van der Waals surface area contributed by atoms with Gasteiger partial charge in [0, 0.05) is 21.1 Å². The van der Waals surface area contributed by atoms with Crippen LogP contribution in [0, 0.1) is 0 Å². The van der Waals surface area contributed by atoms with Gasteiger partial charge in [0.15, 0.2) is 0 Å². The minimum Gasteiger partial charge on any atom is -0.444 e. The fourth-order valence-electron chi connectivity index (χ4n) is 2.20. The molecule has 1 heterocycles. The molecule has 1 amide bonds. The van der Waals surface area contributed by atoms with Gasteiger partial charge in [0.25, 0.3) is 5.92 Å². The maximum atomic E-state index is 14.3. The number of hydrogen-bond acceptors (Lipinski definition) is 2. The van der Waals surface area contributed by atoms with E-state index >= 15 is 0 Å². The van der Waals surface area contributed by atoms with E-state index in [1.165, 1.54) is 0 Å². The average molecular weight is 427 g/mol. The van der Waals surface area contributed by atoms with E-state index in [2.05, 4.69) is 31.9 Å². The number of rotatable bonds is 0. The monoisotopic (exact) mass is 425 g/mol. The SMILES string of the molecule is CC(C)(C)OC(=O)N1Cc2cc(Br)cc(Br)c2C(F)(F)C1. The minimum atomic E-state index is -3.12. The Morgan fingerprint density at radius 2 is 1.95 bits per heavy atom. The zero-order valence-corrected chi connectivity index (χ0v) is 15.0. The van der Waals surface area contributed by atoms with E-state index in [0.29, 0.717) is 14.5 Å². The number of benzene rings is 1. The molecule has 0 radical (unpaired) electrons. The molecular weight excluding hydrogens is 412 g/mol. The molecule has 7 heteroatoms. The normalized spacial score (nSPS) is 17.4. The topological polar surface area (TPSA) is 29.5 Å². The Morgan fingerprint density at radius 1 is 1.33 bits per heavy atom. The smallest absolute Gasteiger partial charge is 0.410 e. The van der Waals surface area contributed by atoms with Crippen molar-refractivity contribution in [2.24, 2.45) is 0 Å². The molecule has 0 saturated carbocycles. The molecule has 0 fully saturated rings. The van der Waals surface area contributed by atoms with Crippen LogP contribution in [0.25, 0.3) is 0 Å². The Labute approximate surface area is 138 Å². The van der Waals surface area contributed by atoms with Crippen LogP contribution in [0.1, 0.15) is 31.9 Å². The van der Waals surface area contributed by atoms with Crippen LogP contribution in [-0.2, 0) is 17.2 Å². The third-order valence-electron chi connectivity index (χ3n) is 2.90. The van der Waals surface area contributed by atoms with Gasteiger partial charge in [-0.3, -0.25) is 4.90 Å². The molecule has 2 rings (SSSR count). The van der Waals surface area contributed by atoms with Crippen LogP contribution >= 0.6 is 31.9 Å². The van der Waals surface area contributed by atoms with Crippen molar-refractivity contribution in [2.45, 2.75) is 38.8 Å². The number of ether oxygens (including phenoxy) is 1. The fourth-order valence-corrected chi connectivity index (χ4v) is 3.80. The fraction of sp³-hybridized carbons (Fsp3) is 0.500. The largest absolute Gasteiger partial charge is 0.444 e. The summed E-state index contributed by atoms with van der Waals surface area (Å²) in [5.41, 5.74) is -0.381. The summed E-state index contributed by atoms with van der Waals surface area (Å²) in [5.74, 6) is -3.12. The molecule has 1 aromatic rings. The summed E-state index contributed by atoms with van der Waals surface area (Å²) in [4.78, 5) is 13.1. The lowest BCUT2D eigenvalue weighted by atomic mass is 9.97. The van der Waals surface area contributed by atoms with Gasteiger partial charge in [-0.2, -0.15) is 8.78 Å². The third kappa shape index (κ3) is 3.74. The van der Waals surface area contributed by atoms with E-state index in [9.17, 15) is 13.6 Å². The number of fused-ring (bicyclic) bond motifs is 1. The third-order valence-corrected chi connectivity index (χ3v) is 3.99. The Morgan fingerprint density at radius 3 is 2.52 bits per heavy atom. The molecule has 0 N–H and O–H groups in total. The average Bonchev–Trinajstić information content (AvgIpc) is 2.23. The molecule has 21 heavy (non-hydrogen) atoms. The van der Waals surface area contributed by atoms with Gasteiger partial charge >= 0.3 is 6.09 Å². The minimum absolute atomic E-state index is 0.0643. The zero-order valence-electron chi connectivity index (χ0n) is 11.8. The Kier molecular flexibility index (Phi) is 4.37. The van der Waals surface area contributed by atoms with Crippen molar-refractivity contribution in [2.75, 3.05) is 6.54 Å². The summed E-state index contributed by atoms with van der Waals surface area (Å²) in [6, 6.07) is 3.18. The van der Waals surface area contributed by atoms with Gasteiger partial charge < -0.3 is 4.74 Å². The summed E-state index contributed by atoms with van der Waals surface area (Å²) >= 11 is 6.44. The van der Waals surface area contributed by atoms with E-state index in [1.54, 1.807) is 32.9 Å². The van der Waals surface area contributed by atoms with Crippen molar-refractivity contribution < 1.29 is 18.3 Å². The van der Waals surface area contributed by atoms with Crippen LogP contribution in [-0.4, -0.2) is 23.1 Å². The van der Waals surface area contributed by atoms with Crippen LogP contribution < -0.4 is 0 Å². The second kappa shape index (κ2) is 5.50.